The molecule has 7 heteroatoms. The summed E-state index contributed by atoms with van der Waals surface area (Å²) in [6.07, 6.45) is 1.82. The largest absolute Gasteiger partial charge is 0.494 e. The molecule has 0 saturated carbocycles. The molecule has 0 bridgehead atoms. The van der Waals surface area contributed by atoms with Gasteiger partial charge in [0.2, 0.25) is 4.77 Å². The normalized spacial score (nSPS) is 11.7. The number of aromatic nitrogens is 4. The topological polar surface area (TPSA) is 60.1 Å². The van der Waals surface area contributed by atoms with Crippen LogP contribution in [-0.2, 0) is 6.54 Å². The Morgan fingerprint density at radius 3 is 2.69 bits per heavy atom. The Kier molecular flexibility index (Phi) is 5.33. The summed E-state index contributed by atoms with van der Waals surface area (Å²) in [5.41, 5.74) is 4.34. The van der Waals surface area contributed by atoms with Crippen molar-refractivity contribution >= 4 is 40.2 Å². The third kappa shape index (κ3) is 3.50. The molecule has 5 aromatic rings. The van der Waals surface area contributed by atoms with Crippen LogP contribution in [0.25, 0.3) is 33.2 Å². The number of ether oxygens (including phenoxy) is 1. The molecule has 3 aromatic carbocycles. The lowest BCUT2D eigenvalue weighted by atomic mass is 10.1. The first-order valence-corrected chi connectivity index (χ1v) is 11.1. The van der Waals surface area contributed by atoms with E-state index < -0.39 is 0 Å². The highest BCUT2D eigenvalue weighted by Gasteiger charge is 2.11. The number of aromatic amines is 1. The summed E-state index contributed by atoms with van der Waals surface area (Å²) in [5.74, 6) is 1.42. The van der Waals surface area contributed by atoms with Crippen molar-refractivity contribution < 1.29 is 4.74 Å². The van der Waals surface area contributed by atoms with Crippen molar-refractivity contribution in [2.75, 3.05) is 6.61 Å². The zero-order valence-corrected chi connectivity index (χ0v) is 18.8. The van der Waals surface area contributed by atoms with Crippen LogP contribution in [0.15, 0.2) is 71.8 Å². The van der Waals surface area contributed by atoms with Crippen molar-refractivity contribution in [2.24, 2.45) is 5.10 Å². The van der Waals surface area contributed by atoms with E-state index in [0.717, 1.165) is 23.4 Å². The van der Waals surface area contributed by atoms with Gasteiger partial charge in [-0.3, -0.25) is 0 Å². The van der Waals surface area contributed by atoms with Gasteiger partial charge in [0.25, 0.3) is 0 Å². The van der Waals surface area contributed by atoms with Crippen molar-refractivity contribution in [1.29, 1.82) is 0 Å². The first-order chi connectivity index (χ1) is 15.7. The van der Waals surface area contributed by atoms with Gasteiger partial charge in [0, 0.05) is 33.9 Å². The van der Waals surface area contributed by atoms with Crippen LogP contribution in [0.1, 0.15) is 19.4 Å². The second kappa shape index (κ2) is 8.43. The molecule has 160 valence electrons. The number of hydrogen-bond acceptors (Lipinski definition) is 4. The number of nitrogens with zero attached hydrogens (tertiary/aromatic N) is 4. The van der Waals surface area contributed by atoms with Gasteiger partial charge in [0.15, 0.2) is 5.82 Å². The zero-order valence-electron chi connectivity index (χ0n) is 17.9. The molecule has 5 rings (SSSR count). The molecule has 0 aliphatic rings. The van der Waals surface area contributed by atoms with Crippen LogP contribution < -0.4 is 4.74 Å². The summed E-state index contributed by atoms with van der Waals surface area (Å²) < 4.78 is 10.0. The van der Waals surface area contributed by atoms with Gasteiger partial charge in [-0.05, 0) is 62.0 Å². The minimum absolute atomic E-state index is 0.432. The van der Waals surface area contributed by atoms with Crippen LogP contribution in [0.4, 0.5) is 0 Å². The fraction of sp³-hybridized carbons (Fsp3) is 0.160. The molecular formula is C25H23N5OS. The van der Waals surface area contributed by atoms with Crippen molar-refractivity contribution in [3.05, 3.63) is 77.1 Å². The Morgan fingerprint density at radius 1 is 1.00 bits per heavy atom. The molecule has 32 heavy (non-hydrogen) atoms. The molecule has 0 aliphatic carbocycles. The van der Waals surface area contributed by atoms with E-state index in [1.165, 1.54) is 21.8 Å². The van der Waals surface area contributed by atoms with E-state index in [4.69, 9.17) is 17.0 Å². The highest BCUT2D eigenvalue weighted by Crippen LogP contribution is 2.29. The molecule has 0 saturated heterocycles. The van der Waals surface area contributed by atoms with Crippen LogP contribution in [0.2, 0.25) is 0 Å². The maximum Gasteiger partial charge on any atom is 0.216 e. The average Bonchev–Trinajstić information content (AvgIpc) is 3.35. The molecule has 2 aromatic heterocycles. The Morgan fingerprint density at radius 2 is 1.84 bits per heavy atom. The minimum atomic E-state index is 0.432. The van der Waals surface area contributed by atoms with E-state index in [2.05, 4.69) is 69.3 Å². The van der Waals surface area contributed by atoms with Crippen LogP contribution in [0, 0.1) is 4.77 Å². The number of fused-ring (bicyclic) bond motifs is 3. The van der Waals surface area contributed by atoms with Crippen molar-refractivity contribution in [3.8, 4) is 17.1 Å². The van der Waals surface area contributed by atoms with Gasteiger partial charge in [-0.1, -0.05) is 36.4 Å². The Balaban J connectivity index is 1.55. The maximum absolute atomic E-state index is 5.62. The number of benzene rings is 3. The number of rotatable bonds is 6. The number of para-hydroxylation sites is 1. The molecule has 0 radical (unpaired) electrons. The molecule has 0 unspecified atom stereocenters. The second-order valence-corrected chi connectivity index (χ2v) is 7.79. The number of hydrogen-bond donors (Lipinski definition) is 1. The summed E-state index contributed by atoms with van der Waals surface area (Å²) in [6, 6.07) is 22.7. The lowest BCUT2D eigenvalue weighted by Gasteiger charge is -2.05. The molecule has 0 fully saturated rings. The van der Waals surface area contributed by atoms with Gasteiger partial charge in [0.05, 0.1) is 12.8 Å². The van der Waals surface area contributed by atoms with Crippen LogP contribution in [-0.4, -0.2) is 32.3 Å². The van der Waals surface area contributed by atoms with Crippen LogP contribution >= 0.6 is 12.2 Å². The Hall–Kier alpha value is -3.71. The van der Waals surface area contributed by atoms with E-state index in [1.807, 2.05) is 37.4 Å². The monoisotopic (exact) mass is 441 g/mol. The van der Waals surface area contributed by atoms with Gasteiger partial charge >= 0.3 is 0 Å². The molecule has 6 nitrogen and oxygen atoms in total. The van der Waals surface area contributed by atoms with Crippen molar-refractivity contribution in [3.63, 3.8) is 0 Å². The standard InChI is InChI=1S/C25H23N5OS/c1-3-29-22-11-6-5-10-20(22)21-14-17(12-13-23(21)29)16-26-30-24(27-28-25(30)32)18-8-7-9-19(15-18)31-4-2/h5-16H,3-4H2,1-2H3,(H,28,32). The Labute approximate surface area is 190 Å². The molecule has 0 amide bonds. The van der Waals surface area contributed by atoms with Gasteiger partial charge in [-0.2, -0.15) is 14.9 Å². The second-order valence-electron chi connectivity index (χ2n) is 7.41. The molecule has 0 spiro atoms. The van der Waals surface area contributed by atoms with E-state index in [9.17, 15) is 0 Å². The van der Waals surface area contributed by atoms with E-state index in [0.29, 0.717) is 17.2 Å². The first kappa shape index (κ1) is 20.2. The zero-order chi connectivity index (χ0) is 22.1. The van der Waals surface area contributed by atoms with E-state index in [-0.39, 0.29) is 0 Å². The van der Waals surface area contributed by atoms with Crippen molar-refractivity contribution in [1.82, 2.24) is 19.4 Å². The fourth-order valence-electron chi connectivity index (χ4n) is 4.09. The van der Waals surface area contributed by atoms with Gasteiger partial charge in [-0.25, -0.2) is 5.10 Å². The minimum Gasteiger partial charge on any atom is -0.494 e. The van der Waals surface area contributed by atoms with Gasteiger partial charge in [-0.15, -0.1) is 0 Å². The summed E-state index contributed by atoms with van der Waals surface area (Å²) >= 11 is 5.43. The molecule has 0 atom stereocenters. The van der Waals surface area contributed by atoms with Crippen molar-refractivity contribution in [2.45, 2.75) is 20.4 Å². The predicted molar refractivity (Wildman–Crippen MR) is 132 cm³/mol. The first-order valence-electron chi connectivity index (χ1n) is 10.7. The summed E-state index contributed by atoms with van der Waals surface area (Å²) in [7, 11) is 0. The molecule has 0 aliphatic heterocycles. The van der Waals surface area contributed by atoms with Crippen LogP contribution in [0.3, 0.4) is 0 Å². The number of H-pyrrole nitrogens is 1. The van der Waals surface area contributed by atoms with E-state index >= 15 is 0 Å². The fourth-order valence-corrected chi connectivity index (χ4v) is 4.27. The Bertz CT molecular complexity index is 1510. The molecular weight excluding hydrogens is 418 g/mol. The van der Waals surface area contributed by atoms with Crippen LogP contribution in [0.5, 0.6) is 5.75 Å². The average molecular weight is 442 g/mol. The predicted octanol–water partition coefficient (Wildman–Crippen LogP) is 6.02. The maximum atomic E-state index is 5.62. The lowest BCUT2D eigenvalue weighted by molar-refractivity contribution is 0.340. The smallest absolute Gasteiger partial charge is 0.216 e. The number of aryl methyl sites for hydroxylation is 1. The highest BCUT2D eigenvalue weighted by atomic mass is 32.1. The number of nitrogens with one attached hydrogen (secondary N) is 1. The molecule has 1 N–H and O–H groups in total. The SMILES string of the molecule is CCOc1cccc(-c2n[nH]c(=S)n2N=Cc2ccc3c(c2)c2ccccc2n3CC)c1. The third-order valence-corrected chi connectivity index (χ3v) is 5.75. The summed E-state index contributed by atoms with van der Waals surface area (Å²) in [4.78, 5) is 0. The third-order valence-electron chi connectivity index (χ3n) is 5.49. The quantitative estimate of drug-likeness (QED) is 0.259. The highest BCUT2D eigenvalue weighted by molar-refractivity contribution is 7.71. The van der Waals surface area contributed by atoms with Gasteiger partial charge < -0.3 is 9.30 Å². The summed E-state index contributed by atoms with van der Waals surface area (Å²) in [6.45, 7) is 5.66. The summed E-state index contributed by atoms with van der Waals surface area (Å²) in [5, 5.41) is 14.3. The molecule has 2 heterocycles. The lowest BCUT2D eigenvalue weighted by Crippen LogP contribution is -1.96. The van der Waals surface area contributed by atoms with E-state index in [1.54, 1.807) is 4.68 Å². The van der Waals surface area contributed by atoms with Gasteiger partial charge in [0.1, 0.15) is 5.75 Å².